The third kappa shape index (κ3) is 5.29. The van der Waals surface area contributed by atoms with Gasteiger partial charge in [0.05, 0.1) is 31.8 Å². The highest BCUT2D eigenvalue weighted by atomic mass is 79.9. The summed E-state index contributed by atoms with van der Waals surface area (Å²) in [6.45, 7) is 2.97. The maximum absolute atomic E-state index is 12.7. The average molecular weight is 591 g/mol. The summed E-state index contributed by atoms with van der Waals surface area (Å²) < 4.78 is 13.8. The lowest BCUT2D eigenvalue weighted by atomic mass is 10.3. The fraction of sp³-hybridized carbons (Fsp3) is 0.263. The van der Waals surface area contributed by atoms with E-state index in [1.54, 1.807) is 23.9 Å². The second-order valence-electron chi connectivity index (χ2n) is 6.39. The average Bonchev–Trinajstić information content (AvgIpc) is 3.36. The van der Waals surface area contributed by atoms with Gasteiger partial charge in [-0.25, -0.2) is 0 Å². The van der Waals surface area contributed by atoms with Crippen LogP contribution in [0.4, 0.5) is 0 Å². The zero-order chi connectivity index (χ0) is 22.9. The molecule has 0 radical (unpaired) electrons. The molecular weight excluding hydrogens is 575 g/mol. The van der Waals surface area contributed by atoms with Crippen molar-refractivity contribution in [3.05, 3.63) is 65.1 Å². The number of hydrogen-bond acceptors (Lipinski definition) is 4. The van der Waals surface area contributed by atoms with Gasteiger partial charge in [-0.05, 0) is 35.0 Å². The SMILES string of the molecule is CCn1cc(Br)c(CN(C)C(=O)c2ccc(COc3c(Cl)c(Cl)c(Cl)c(Cl)c3Cl)o2)n1. The molecule has 0 aliphatic rings. The molecular formula is C19H15BrCl5N3O3. The zero-order valence-electron chi connectivity index (χ0n) is 16.2. The topological polar surface area (TPSA) is 60.5 Å². The van der Waals surface area contributed by atoms with Gasteiger partial charge in [-0.1, -0.05) is 58.0 Å². The van der Waals surface area contributed by atoms with Crippen LogP contribution in [0.15, 0.2) is 27.2 Å². The molecule has 0 fully saturated rings. The van der Waals surface area contributed by atoms with Gasteiger partial charge in [-0.3, -0.25) is 9.48 Å². The van der Waals surface area contributed by atoms with Crippen molar-refractivity contribution in [2.45, 2.75) is 26.6 Å². The fourth-order valence-corrected chi connectivity index (χ4v) is 4.29. The number of furan rings is 1. The van der Waals surface area contributed by atoms with Crippen molar-refractivity contribution in [2.75, 3.05) is 7.05 Å². The van der Waals surface area contributed by atoms with Gasteiger partial charge in [0.2, 0.25) is 0 Å². The summed E-state index contributed by atoms with van der Waals surface area (Å²) in [4.78, 5) is 14.2. The Labute approximate surface area is 212 Å². The highest BCUT2D eigenvalue weighted by Gasteiger charge is 2.22. The van der Waals surface area contributed by atoms with Gasteiger partial charge in [-0.2, -0.15) is 5.10 Å². The van der Waals surface area contributed by atoms with Gasteiger partial charge in [0.15, 0.2) is 11.5 Å². The first kappa shape index (κ1) is 24.6. The predicted molar refractivity (Wildman–Crippen MR) is 126 cm³/mol. The number of carbonyl (C=O) groups excluding carboxylic acids is 1. The van der Waals surface area contributed by atoms with E-state index in [1.165, 1.54) is 4.90 Å². The van der Waals surface area contributed by atoms with Gasteiger partial charge >= 0.3 is 0 Å². The number of rotatable bonds is 7. The van der Waals surface area contributed by atoms with Crippen LogP contribution in [0.5, 0.6) is 5.75 Å². The van der Waals surface area contributed by atoms with Crippen LogP contribution in [-0.4, -0.2) is 27.6 Å². The second-order valence-corrected chi connectivity index (χ2v) is 9.14. The van der Waals surface area contributed by atoms with E-state index in [9.17, 15) is 4.79 Å². The number of amides is 1. The molecule has 12 heteroatoms. The minimum absolute atomic E-state index is 0.0285. The summed E-state index contributed by atoms with van der Waals surface area (Å²) in [5, 5.41) is 4.57. The molecule has 1 amide bonds. The van der Waals surface area contributed by atoms with Crippen molar-refractivity contribution in [3.8, 4) is 5.75 Å². The summed E-state index contributed by atoms with van der Waals surface area (Å²) >= 11 is 33.8. The lowest BCUT2D eigenvalue weighted by Gasteiger charge is -2.14. The molecule has 3 aromatic rings. The normalized spacial score (nSPS) is 11.1. The van der Waals surface area contributed by atoms with Gasteiger partial charge in [0.1, 0.15) is 22.4 Å². The molecule has 6 nitrogen and oxygen atoms in total. The Morgan fingerprint density at radius 3 is 2.32 bits per heavy atom. The van der Waals surface area contributed by atoms with Crippen LogP contribution in [0, 0.1) is 0 Å². The van der Waals surface area contributed by atoms with Crippen LogP contribution in [0.3, 0.4) is 0 Å². The molecule has 0 aliphatic heterocycles. The molecule has 0 bridgehead atoms. The Kier molecular flexibility index (Phi) is 8.10. The van der Waals surface area contributed by atoms with E-state index in [4.69, 9.17) is 67.2 Å². The molecule has 166 valence electrons. The molecule has 0 saturated carbocycles. The molecule has 1 aromatic carbocycles. The first-order chi connectivity index (χ1) is 14.6. The summed E-state index contributed by atoms with van der Waals surface area (Å²) in [5.74, 6) is 0.289. The maximum atomic E-state index is 12.7. The Hall–Kier alpha value is -1.09. The number of benzene rings is 1. The zero-order valence-corrected chi connectivity index (χ0v) is 21.6. The smallest absolute Gasteiger partial charge is 0.289 e. The Morgan fingerprint density at radius 1 is 1.13 bits per heavy atom. The largest absolute Gasteiger partial charge is 0.482 e. The van der Waals surface area contributed by atoms with E-state index in [2.05, 4.69) is 21.0 Å². The highest BCUT2D eigenvalue weighted by molar-refractivity contribution is 9.10. The van der Waals surface area contributed by atoms with E-state index >= 15 is 0 Å². The first-order valence-corrected chi connectivity index (χ1v) is 11.5. The maximum Gasteiger partial charge on any atom is 0.289 e. The van der Waals surface area contributed by atoms with E-state index in [-0.39, 0.29) is 49.1 Å². The number of aryl methyl sites for hydroxylation is 1. The molecule has 0 unspecified atom stereocenters. The van der Waals surface area contributed by atoms with Crippen LogP contribution in [0.2, 0.25) is 25.1 Å². The quantitative estimate of drug-likeness (QED) is 0.213. The lowest BCUT2D eigenvalue weighted by molar-refractivity contribution is 0.0747. The minimum atomic E-state index is -0.308. The Bertz CT molecular complexity index is 1100. The standard InChI is InChI=1S/C19H15BrCl5N3O3/c1-3-28-6-10(20)11(26-28)7-27(2)19(29)12-5-4-9(31-12)8-30-18-16(24)14(22)13(21)15(23)17(18)25/h4-6H,3,7-8H2,1-2H3. The molecule has 0 atom stereocenters. The third-order valence-corrected chi connectivity index (χ3v) is 7.15. The predicted octanol–water partition coefficient (Wildman–Crippen LogP) is 7.38. The highest BCUT2D eigenvalue weighted by Crippen LogP contribution is 2.48. The molecule has 2 aromatic heterocycles. The number of hydrogen-bond donors (Lipinski definition) is 0. The molecule has 3 rings (SSSR count). The van der Waals surface area contributed by atoms with Gasteiger partial charge < -0.3 is 14.1 Å². The van der Waals surface area contributed by atoms with Crippen LogP contribution >= 0.6 is 73.9 Å². The molecule has 0 aliphatic carbocycles. The summed E-state index contributed by atoms with van der Waals surface area (Å²) in [6, 6.07) is 3.17. The van der Waals surface area contributed by atoms with Gasteiger partial charge in [0, 0.05) is 19.8 Å². The van der Waals surface area contributed by atoms with Crippen LogP contribution in [-0.2, 0) is 19.7 Å². The number of ether oxygens (including phenoxy) is 1. The second kappa shape index (κ2) is 10.2. The number of aromatic nitrogens is 2. The minimum Gasteiger partial charge on any atom is -0.482 e. The Morgan fingerprint density at radius 2 is 1.74 bits per heavy atom. The van der Waals surface area contributed by atoms with Crippen molar-refractivity contribution >= 4 is 79.8 Å². The molecule has 0 N–H and O–H groups in total. The van der Waals surface area contributed by atoms with E-state index in [0.717, 1.165) is 16.7 Å². The lowest BCUT2D eigenvalue weighted by Crippen LogP contribution is -2.26. The summed E-state index contributed by atoms with van der Waals surface area (Å²) in [6.07, 6.45) is 1.86. The monoisotopic (exact) mass is 587 g/mol. The Balaban J connectivity index is 1.69. The number of nitrogens with zero attached hydrogens (tertiary/aromatic N) is 3. The van der Waals surface area contributed by atoms with Gasteiger partial charge in [-0.15, -0.1) is 0 Å². The van der Waals surface area contributed by atoms with E-state index in [0.29, 0.717) is 12.3 Å². The third-order valence-electron chi connectivity index (χ3n) is 4.25. The van der Waals surface area contributed by atoms with Gasteiger partial charge in [0.25, 0.3) is 5.91 Å². The van der Waals surface area contributed by atoms with Crippen molar-refractivity contribution in [2.24, 2.45) is 0 Å². The molecule has 31 heavy (non-hydrogen) atoms. The van der Waals surface area contributed by atoms with Crippen molar-refractivity contribution in [1.82, 2.24) is 14.7 Å². The summed E-state index contributed by atoms with van der Waals surface area (Å²) in [5.41, 5.74) is 0.744. The van der Waals surface area contributed by atoms with E-state index < -0.39 is 0 Å². The van der Waals surface area contributed by atoms with Crippen molar-refractivity contribution < 1.29 is 13.9 Å². The molecule has 2 heterocycles. The van der Waals surface area contributed by atoms with Crippen molar-refractivity contribution in [3.63, 3.8) is 0 Å². The number of halogens is 6. The van der Waals surface area contributed by atoms with Crippen LogP contribution < -0.4 is 4.74 Å². The van der Waals surface area contributed by atoms with E-state index in [1.807, 2.05) is 13.1 Å². The first-order valence-electron chi connectivity index (χ1n) is 8.84. The fourth-order valence-electron chi connectivity index (χ4n) is 2.62. The van der Waals surface area contributed by atoms with Crippen molar-refractivity contribution in [1.29, 1.82) is 0 Å². The van der Waals surface area contributed by atoms with Crippen LogP contribution in [0.1, 0.15) is 28.9 Å². The van der Waals surface area contributed by atoms with Crippen LogP contribution in [0.25, 0.3) is 0 Å². The molecule has 0 saturated heterocycles. The molecule has 0 spiro atoms. The number of carbonyl (C=O) groups is 1. The summed E-state index contributed by atoms with van der Waals surface area (Å²) in [7, 11) is 1.66.